The second-order valence-electron chi connectivity index (χ2n) is 3.82. The minimum Gasteiger partial charge on any atom is -0.454 e. The quantitative estimate of drug-likeness (QED) is 0.560. The van der Waals surface area contributed by atoms with Crippen LogP contribution < -0.4 is 10.2 Å². The number of aromatic nitrogens is 2. The number of hydrogen-bond donors (Lipinski definition) is 3. The van der Waals surface area contributed by atoms with Gasteiger partial charge in [0, 0.05) is 6.20 Å². The number of nitrogens with zero attached hydrogens (tertiary/aromatic N) is 2. The van der Waals surface area contributed by atoms with E-state index in [0.29, 0.717) is 0 Å². The summed E-state index contributed by atoms with van der Waals surface area (Å²) in [5, 5.41) is 26.1. The number of ether oxygens (including phenoxy) is 2. The Labute approximate surface area is 95.1 Å². The normalized spacial score (nSPS) is 33.5. The molecule has 0 aliphatic carbocycles. The highest BCUT2D eigenvalue weighted by Crippen LogP contribution is 2.38. The third kappa shape index (κ3) is 1.61. The Balaban J connectivity index is 0.00000108. The van der Waals surface area contributed by atoms with Crippen LogP contribution in [-0.2, 0) is 4.74 Å². The van der Waals surface area contributed by atoms with E-state index in [1.807, 2.05) is 0 Å². The van der Waals surface area contributed by atoms with Crippen molar-refractivity contribution in [1.82, 2.24) is 9.55 Å². The van der Waals surface area contributed by atoms with Crippen molar-refractivity contribution in [2.24, 2.45) is 0 Å². The van der Waals surface area contributed by atoms with Crippen LogP contribution in [0.5, 0.6) is 6.01 Å². The van der Waals surface area contributed by atoms with E-state index in [9.17, 15) is 5.11 Å². The molecule has 1 fully saturated rings. The van der Waals surface area contributed by atoms with Crippen LogP contribution in [0, 0.1) is 5.41 Å². The summed E-state index contributed by atoms with van der Waals surface area (Å²) in [6.45, 7) is -0.253. The highest BCUT2D eigenvalue weighted by molar-refractivity contribution is 5.10. The minimum atomic E-state index is -0.883. The van der Waals surface area contributed by atoms with Crippen LogP contribution in [0.1, 0.15) is 6.23 Å². The van der Waals surface area contributed by atoms with E-state index in [4.69, 9.17) is 20.0 Å². The van der Waals surface area contributed by atoms with Crippen molar-refractivity contribution in [1.29, 1.82) is 5.41 Å². The van der Waals surface area contributed by atoms with Gasteiger partial charge in [-0.1, -0.05) is 0 Å². The second-order valence-corrected chi connectivity index (χ2v) is 3.82. The van der Waals surface area contributed by atoms with Crippen molar-refractivity contribution in [2.75, 3.05) is 6.61 Å². The molecule has 3 rings (SSSR count). The maximum atomic E-state index is 9.80. The van der Waals surface area contributed by atoms with Crippen LogP contribution in [0.2, 0.25) is 0 Å². The average Bonchev–Trinajstić information content (AvgIpc) is 2.75. The summed E-state index contributed by atoms with van der Waals surface area (Å²) in [6.07, 6.45) is -0.930. The second kappa shape index (κ2) is 4.06. The SMILES string of the molecule is F.N=c1ccn2c(n1)OC1C(O)C(CO)OC12. The topological polar surface area (TPSA) is 101 Å². The fraction of sp³-hybridized carbons (Fsp3) is 0.556. The lowest BCUT2D eigenvalue weighted by atomic mass is 10.1. The van der Waals surface area contributed by atoms with Gasteiger partial charge in [-0.05, 0) is 6.07 Å². The highest BCUT2D eigenvalue weighted by atomic mass is 19.0. The van der Waals surface area contributed by atoms with Gasteiger partial charge in [0.2, 0.25) is 0 Å². The Kier molecular flexibility index (Phi) is 2.86. The molecule has 1 saturated heterocycles. The molecular formula is C9H12FN3O4. The van der Waals surface area contributed by atoms with E-state index in [1.54, 1.807) is 10.8 Å². The first-order valence-corrected chi connectivity index (χ1v) is 4.95. The lowest BCUT2D eigenvalue weighted by Crippen LogP contribution is -2.34. The zero-order valence-electron chi connectivity index (χ0n) is 8.68. The molecule has 2 aliphatic rings. The molecule has 0 amide bonds. The van der Waals surface area contributed by atoms with Crippen molar-refractivity contribution in [2.45, 2.75) is 24.5 Å². The molecule has 0 aromatic carbocycles. The summed E-state index contributed by atoms with van der Waals surface area (Å²) < 4.78 is 12.5. The highest BCUT2D eigenvalue weighted by Gasteiger charge is 2.50. The minimum absolute atomic E-state index is 0. The molecule has 3 N–H and O–H groups in total. The molecule has 4 unspecified atom stereocenters. The van der Waals surface area contributed by atoms with Crippen molar-refractivity contribution >= 4 is 0 Å². The van der Waals surface area contributed by atoms with Gasteiger partial charge in [-0.2, -0.15) is 4.98 Å². The molecule has 17 heavy (non-hydrogen) atoms. The summed E-state index contributed by atoms with van der Waals surface area (Å²) >= 11 is 0. The van der Waals surface area contributed by atoms with Crippen molar-refractivity contribution < 1.29 is 24.4 Å². The molecule has 0 spiro atoms. The monoisotopic (exact) mass is 245 g/mol. The van der Waals surface area contributed by atoms with Crippen LogP contribution in [0.25, 0.3) is 0 Å². The number of hydrogen-bond acceptors (Lipinski definition) is 6. The molecule has 7 nitrogen and oxygen atoms in total. The van der Waals surface area contributed by atoms with Gasteiger partial charge in [-0.3, -0.25) is 14.7 Å². The van der Waals surface area contributed by atoms with Gasteiger partial charge in [0.1, 0.15) is 12.2 Å². The Hall–Kier alpha value is -1.51. The summed E-state index contributed by atoms with van der Waals surface area (Å²) in [5.74, 6) is 0. The summed E-state index contributed by atoms with van der Waals surface area (Å²) in [5.41, 5.74) is 0.0967. The largest absolute Gasteiger partial charge is 0.454 e. The number of rotatable bonds is 1. The molecule has 1 aromatic rings. The maximum absolute atomic E-state index is 9.80. The zero-order chi connectivity index (χ0) is 11.3. The molecule has 0 saturated carbocycles. The molecule has 3 heterocycles. The lowest BCUT2D eigenvalue weighted by Gasteiger charge is -2.14. The molecule has 2 aliphatic heterocycles. The zero-order valence-corrected chi connectivity index (χ0v) is 8.68. The average molecular weight is 245 g/mol. The molecular weight excluding hydrogens is 233 g/mol. The van der Waals surface area contributed by atoms with Gasteiger partial charge in [0.25, 0.3) is 0 Å². The molecule has 4 atom stereocenters. The van der Waals surface area contributed by atoms with E-state index in [2.05, 4.69) is 4.98 Å². The summed E-state index contributed by atoms with van der Waals surface area (Å²) in [7, 11) is 0. The first-order chi connectivity index (χ1) is 7.70. The van der Waals surface area contributed by atoms with Crippen LogP contribution in [-0.4, -0.2) is 44.7 Å². The molecule has 0 radical (unpaired) electrons. The molecule has 94 valence electrons. The van der Waals surface area contributed by atoms with Gasteiger partial charge in [0.15, 0.2) is 17.8 Å². The Bertz CT molecular complexity index is 480. The lowest BCUT2D eigenvalue weighted by molar-refractivity contribution is -0.0434. The smallest absolute Gasteiger partial charge is 0.301 e. The van der Waals surface area contributed by atoms with Crippen molar-refractivity contribution in [3.8, 4) is 6.01 Å². The Morgan fingerprint density at radius 3 is 3.00 bits per heavy atom. The van der Waals surface area contributed by atoms with Gasteiger partial charge in [-0.15, -0.1) is 0 Å². The fourth-order valence-electron chi connectivity index (χ4n) is 2.04. The summed E-state index contributed by atoms with van der Waals surface area (Å²) in [4.78, 5) is 3.88. The summed E-state index contributed by atoms with van der Waals surface area (Å²) in [6, 6.07) is 1.77. The molecule has 0 bridgehead atoms. The number of aliphatic hydroxyl groups is 2. The molecule has 8 heteroatoms. The van der Waals surface area contributed by atoms with E-state index in [1.165, 1.54) is 6.07 Å². The number of aliphatic hydroxyl groups excluding tert-OH is 2. The third-order valence-corrected chi connectivity index (χ3v) is 2.84. The first-order valence-electron chi connectivity index (χ1n) is 4.95. The van der Waals surface area contributed by atoms with Gasteiger partial charge < -0.3 is 19.7 Å². The van der Waals surface area contributed by atoms with Crippen LogP contribution >= 0.6 is 0 Å². The van der Waals surface area contributed by atoms with Crippen LogP contribution in [0.3, 0.4) is 0 Å². The van der Waals surface area contributed by atoms with Gasteiger partial charge >= 0.3 is 6.01 Å². The van der Waals surface area contributed by atoms with Crippen LogP contribution in [0.15, 0.2) is 12.3 Å². The number of halogens is 1. The van der Waals surface area contributed by atoms with Crippen LogP contribution in [0.4, 0.5) is 4.70 Å². The third-order valence-electron chi connectivity index (χ3n) is 2.84. The van der Waals surface area contributed by atoms with Gasteiger partial charge in [0.05, 0.1) is 6.61 Å². The van der Waals surface area contributed by atoms with E-state index >= 15 is 0 Å². The predicted octanol–water partition coefficient (Wildman–Crippen LogP) is -1.47. The van der Waals surface area contributed by atoms with Gasteiger partial charge in [-0.25, -0.2) is 0 Å². The first kappa shape index (κ1) is 12.0. The van der Waals surface area contributed by atoms with E-state index in [-0.39, 0.29) is 22.8 Å². The predicted molar refractivity (Wildman–Crippen MR) is 52.0 cm³/mol. The fourth-order valence-corrected chi connectivity index (χ4v) is 2.04. The standard InChI is InChI=1S/C9H11N3O4.FH/c10-5-1-2-12-8-7(16-9(12)11-5)6(14)4(3-13)15-8;/h1-2,4,6-8,10,13-14H,3H2;1H. The van der Waals surface area contributed by atoms with E-state index < -0.39 is 24.5 Å². The number of fused-ring (bicyclic) bond motifs is 3. The number of nitrogens with one attached hydrogen (secondary N) is 1. The van der Waals surface area contributed by atoms with E-state index in [0.717, 1.165) is 0 Å². The Morgan fingerprint density at radius 1 is 1.53 bits per heavy atom. The molecule has 1 aromatic heterocycles. The van der Waals surface area contributed by atoms with Crippen molar-refractivity contribution in [3.05, 3.63) is 17.8 Å². The Morgan fingerprint density at radius 2 is 2.29 bits per heavy atom. The van der Waals surface area contributed by atoms with Crippen molar-refractivity contribution in [3.63, 3.8) is 0 Å². The maximum Gasteiger partial charge on any atom is 0.301 e.